The Bertz CT molecular complexity index is 1040. The van der Waals surface area contributed by atoms with Gasteiger partial charge in [0.1, 0.15) is 0 Å². The van der Waals surface area contributed by atoms with Crippen LogP contribution in [0.1, 0.15) is 97.7 Å². The lowest BCUT2D eigenvalue weighted by Gasteiger charge is -2.30. The molecule has 4 rings (SSSR count). The van der Waals surface area contributed by atoms with Gasteiger partial charge in [-0.3, -0.25) is 4.98 Å². The molecule has 4 unspecified atom stereocenters. The summed E-state index contributed by atoms with van der Waals surface area (Å²) >= 11 is 3.61. The molecule has 0 aliphatic heterocycles. The summed E-state index contributed by atoms with van der Waals surface area (Å²) in [6, 6.07) is 8.36. The van der Waals surface area contributed by atoms with E-state index in [1.807, 2.05) is 12.1 Å². The second kappa shape index (κ2) is 10.7. The number of nitrogens with one attached hydrogen (secondary N) is 1. The summed E-state index contributed by atoms with van der Waals surface area (Å²) < 4.78 is 38.7. The van der Waals surface area contributed by atoms with Crippen molar-refractivity contribution in [3.05, 3.63) is 64.0 Å². The standard InChI is InChI=1S/C29H36BrF3N2/c1-17-12-24-19(3)23(21-6-4-5-7-21)14-26(28(34)25(24)13-22(17)15-30)27-11-10-20(16-35-27)9-8-18(2)29(31,32)33/h10-13,16,18-19,21,23,26,34H,4-9,14-15H2,1-3H3. The summed E-state index contributed by atoms with van der Waals surface area (Å²) in [5, 5.41) is 10.0. The van der Waals surface area contributed by atoms with Gasteiger partial charge in [-0.2, -0.15) is 13.2 Å². The molecule has 2 aromatic rings. The fourth-order valence-electron chi connectivity index (χ4n) is 6.13. The minimum Gasteiger partial charge on any atom is -0.304 e. The van der Waals surface area contributed by atoms with Gasteiger partial charge in [-0.15, -0.1) is 0 Å². The molecule has 0 spiro atoms. The molecule has 0 bridgehead atoms. The van der Waals surface area contributed by atoms with Crippen LogP contribution in [-0.4, -0.2) is 16.9 Å². The molecule has 1 aromatic heterocycles. The molecule has 1 fully saturated rings. The highest BCUT2D eigenvalue weighted by molar-refractivity contribution is 9.08. The molecule has 4 atom stereocenters. The molecule has 0 radical (unpaired) electrons. The second-order valence-corrected chi connectivity index (χ2v) is 11.3. The van der Waals surface area contributed by atoms with Crippen molar-refractivity contribution in [3.63, 3.8) is 0 Å². The van der Waals surface area contributed by atoms with Gasteiger partial charge in [-0.1, -0.05) is 67.6 Å². The fourth-order valence-corrected chi connectivity index (χ4v) is 6.74. The zero-order valence-corrected chi connectivity index (χ0v) is 22.5. The summed E-state index contributed by atoms with van der Waals surface area (Å²) in [6.45, 7) is 5.72. The molecule has 0 amide bonds. The number of nitrogens with zero attached hydrogens (tertiary/aromatic N) is 1. The van der Waals surface area contributed by atoms with Gasteiger partial charge in [-0.25, -0.2) is 0 Å². The van der Waals surface area contributed by atoms with Gasteiger partial charge in [0.15, 0.2) is 0 Å². The van der Waals surface area contributed by atoms with Crippen molar-refractivity contribution in [2.75, 3.05) is 0 Å². The first-order chi connectivity index (χ1) is 16.6. The van der Waals surface area contributed by atoms with Crippen molar-refractivity contribution in [3.8, 4) is 0 Å². The lowest BCUT2D eigenvalue weighted by atomic mass is 9.74. The number of hydrogen-bond donors (Lipinski definition) is 1. The van der Waals surface area contributed by atoms with Crippen LogP contribution in [0.5, 0.6) is 0 Å². The predicted molar refractivity (Wildman–Crippen MR) is 140 cm³/mol. The Hall–Kier alpha value is -1.69. The lowest BCUT2D eigenvalue weighted by molar-refractivity contribution is -0.170. The zero-order chi connectivity index (χ0) is 25.3. The van der Waals surface area contributed by atoms with E-state index in [4.69, 9.17) is 4.98 Å². The van der Waals surface area contributed by atoms with E-state index in [0.29, 0.717) is 29.9 Å². The number of halogens is 4. The summed E-state index contributed by atoms with van der Waals surface area (Å²) in [6.07, 6.45) is 3.97. The number of pyridine rings is 1. The van der Waals surface area contributed by atoms with Crippen LogP contribution in [0.4, 0.5) is 13.2 Å². The van der Waals surface area contributed by atoms with E-state index >= 15 is 0 Å². The molecule has 1 N–H and O–H groups in total. The third-order valence-electron chi connectivity index (χ3n) is 8.57. The van der Waals surface area contributed by atoms with E-state index in [2.05, 4.69) is 41.9 Å². The number of hydrogen-bond acceptors (Lipinski definition) is 2. The average Bonchev–Trinajstić information content (AvgIpc) is 3.33. The Labute approximate surface area is 215 Å². The summed E-state index contributed by atoms with van der Waals surface area (Å²) in [4.78, 5) is 4.72. The number of aryl methyl sites for hydroxylation is 2. The molecule has 2 aliphatic rings. The van der Waals surface area contributed by atoms with Crippen LogP contribution < -0.4 is 0 Å². The number of rotatable bonds is 6. The average molecular weight is 550 g/mol. The normalized spacial score (nSPS) is 24.3. The highest BCUT2D eigenvalue weighted by atomic mass is 79.9. The molecule has 6 heteroatoms. The van der Waals surface area contributed by atoms with Gasteiger partial charge in [0, 0.05) is 28.9 Å². The molecule has 0 saturated heterocycles. The maximum atomic E-state index is 12.9. The number of fused-ring (bicyclic) bond motifs is 1. The molecule has 1 heterocycles. The van der Waals surface area contributed by atoms with Crippen LogP contribution in [0.2, 0.25) is 0 Å². The number of alkyl halides is 4. The lowest BCUT2D eigenvalue weighted by Crippen LogP contribution is -2.21. The Morgan fingerprint density at radius 1 is 1.17 bits per heavy atom. The van der Waals surface area contributed by atoms with Crippen LogP contribution >= 0.6 is 15.9 Å². The van der Waals surface area contributed by atoms with Gasteiger partial charge in [0.2, 0.25) is 0 Å². The molecular formula is C29H36BrF3N2. The van der Waals surface area contributed by atoms with E-state index in [1.165, 1.54) is 49.3 Å². The molecule has 190 valence electrons. The topological polar surface area (TPSA) is 36.7 Å². The Morgan fingerprint density at radius 2 is 1.89 bits per heavy atom. The minimum absolute atomic E-state index is 0.0626. The SMILES string of the molecule is Cc1cc2c(cc1CBr)C(=N)C(c1ccc(CCC(C)C(F)(F)F)cn1)CC(C1CCCC1)C2C. The first-order valence-corrected chi connectivity index (χ1v) is 14.0. The second-order valence-electron chi connectivity index (χ2n) is 10.8. The van der Waals surface area contributed by atoms with Gasteiger partial charge >= 0.3 is 6.18 Å². The van der Waals surface area contributed by atoms with Crippen molar-refractivity contribution < 1.29 is 13.2 Å². The number of benzene rings is 1. The summed E-state index contributed by atoms with van der Waals surface area (Å²) in [5.74, 6) is 0.121. The van der Waals surface area contributed by atoms with Crippen molar-refractivity contribution in [2.45, 2.75) is 89.1 Å². The molecule has 1 aromatic carbocycles. The maximum Gasteiger partial charge on any atom is 0.391 e. The molecule has 35 heavy (non-hydrogen) atoms. The van der Waals surface area contributed by atoms with Crippen molar-refractivity contribution in [1.82, 2.24) is 4.98 Å². The first kappa shape index (κ1) is 26.4. The van der Waals surface area contributed by atoms with E-state index in [1.54, 1.807) is 6.20 Å². The van der Waals surface area contributed by atoms with Crippen LogP contribution in [0, 0.1) is 30.1 Å². The van der Waals surface area contributed by atoms with Gasteiger partial charge in [-0.05, 0) is 83.9 Å². The number of aromatic nitrogens is 1. The van der Waals surface area contributed by atoms with E-state index < -0.39 is 12.1 Å². The van der Waals surface area contributed by atoms with Crippen LogP contribution in [-0.2, 0) is 11.8 Å². The highest BCUT2D eigenvalue weighted by Gasteiger charge is 2.39. The molecule has 2 aliphatic carbocycles. The van der Waals surface area contributed by atoms with Crippen molar-refractivity contribution in [2.24, 2.45) is 17.8 Å². The van der Waals surface area contributed by atoms with Crippen molar-refractivity contribution >= 4 is 21.6 Å². The van der Waals surface area contributed by atoms with Gasteiger partial charge in [0.25, 0.3) is 0 Å². The minimum atomic E-state index is -4.16. The van der Waals surface area contributed by atoms with Gasteiger partial charge < -0.3 is 5.41 Å². The highest BCUT2D eigenvalue weighted by Crippen LogP contribution is 2.48. The Kier molecular flexibility index (Phi) is 8.09. The zero-order valence-electron chi connectivity index (χ0n) is 20.9. The summed E-state index contributed by atoms with van der Waals surface area (Å²) in [7, 11) is 0. The third kappa shape index (κ3) is 5.68. The fraction of sp³-hybridized carbons (Fsp3) is 0.586. The molecule has 2 nitrogen and oxygen atoms in total. The largest absolute Gasteiger partial charge is 0.391 e. The first-order valence-electron chi connectivity index (χ1n) is 12.9. The molecule has 1 saturated carbocycles. The van der Waals surface area contributed by atoms with Crippen LogP contribution in [0.25, 0.3) is 0 Å². The van der Waals surface area contributed by atoms with Crippen molar-refractivity contribution in [1.29, 1.82) is 5.41 Å². The quantitative estimate of drug-likeness (QED) is 0.284. The Morgan fingerprint density at radius 3 is 2.49 bits per heavy atom. The van der Waals surface area contributed by atoms with Crippen LogP contribution in [0.3, 0.4) is 0 Å². The van der Waals surface area contributed by atoms with Crippen LogP contribution in [0.15, 0.2) is 30.5 Å². The predicted octanol–water partition coefficient (Wildman–Crippen LogP) is 8.88. The maximum absolute atomic E-state index is 12.9. The Balaban J connectivity index is 1.65. The summed E-state index contributed by atoms with van der Waals surface area (Å²) in [5.41, 5.74) is 7.11. The van der Waals surface area contributed by atoms with E-state index in [9.17, 15) is 18.6 Å². The third-order valence-corrected chi connectivity index (χ3v) is 9.17. The molecular weight excluding hydrogens is 513 g/mol. The monoisotopic (exact) mass is 548 g/mol. The van der Waals surface area contributed by atoms with E-state index in [-0.39, 0.29) is 12.3 Å². The smallest absolute Gasteiger partial charge is 0.304 e. The van der Waals surface area contributed by atoms with Gasteiger partial charge in [0.05, 0.1) is 5.92 Å². The van der Waals surface area contributed by atoms with E-state index in [0.717, 1.165) is 28.6 Å².